The second-order valence-corrected chi connectivity index (χ2v) is 6.24. The van der Waals surface area contributed by atoms with Crippen molar-refractivity contribution in [3.8, 4) is 0 Å². The lowest BCUT2D eigenvalue weighted by Gasteiger charge is -2.24. The maximum absolute atomic E-state index is 12.8. The molecule has 2 aliphatic rings. The maximum atomic E-state index is 12.8. The van der Waals surface area contributed by atoms with Gasteiger partial charge in [-0.1, -0.05) is 30.3 Å². The van der Waals surface area contributed by atoms with Crippen molar-refractivity contribution in [1.29, 1.82) is 0 Å². The highest BCUT2D eigenvalue weighted by atomic mass is 16.2. The molecule has 1 N–H and O–H groups in total. The minimum Gasteiger partial charge on any atom is -0.337 e. The third-order valence-corrected chi connectivity index (χ3v) is 4.81. The molecule has 2 heterocycles. The minimum atomic E-state index is 0.176. The molecule has 108 valence electrons. The van der Waals surface area contributed by atoms with Gasteiger partial charge in [0, 0.05) is 30.7 Å². The van der Waals surface area contributed by atoms with Crippen molar-refractivity contribution in [2.45, 2.75) is 31.3 Å². The summed E-state index contributed by atoms with van der Waals surface area (Å²) in [6, 6.07) is 15.3. The fourth-order valence-corrected chi connectivity index (χ4v) is 3.63. The van der Waals surface area contributed by atoms with Crippen LogP contribution in [-0.4, -0.2) is 36.0 Å². The van der Waals surface area contributed by atoms with Crippen LogP contribution in [0.3, 0.4) is 0 Å². The predicted molar refractivity (Wildman–Crippen MR) is 84.4 cm³/mol. The van der Waals surface area contributed by atoms with Crippen LogP contribution in [-0.2, 0) is 0 Å². The Balaban J connectivity index is 1.60. The molecule has 2 aromatic rings. The van der Waals surface area contributed by atoms with E-state index in [-0.39, 0.29) is 5.91 Å². The van der Waals surface area contributed by atoms with Gasteiger partial charge in [0.15, 0.2) is 0 Å². The number of nitrogens with one attached hydrogen (secondary N) is 1. The number of carbonyl (C=O) groups is 1. The zero-order valence-corrected chi connectivity index (χ0v) is 12.1. The molecule has 2 aromatic carbocycles. The van der Waals surface area contributed by atoms with E-state index in [1.54, 1.807) is 0 Å². The van der Waals surface area contributed by atoms with Crippen LogP contribution in [0.1, 0.15) is 29.6 Å². The molecule has 2 bridgehead atoms. The van der Waals surface area contributed by atoms with Crippen molar-refractivity contribution in [2.24, 2.45) is 0 Å². The van der Waals surface area contributed by atoms with Gasteiger partial charge >= 0.3 is 0 Å². The second kappa shape index (κ2) is 5.15. The van der Waals surface area contributed by atoms with Crippen LogP contribution >= 0.6 is 0 Å². The largest absolute Gasteiger partial charge is 0.337 e. The zero-order chi connectivity index (χ0) is 14.2. The van der Waals surface area contributed by atoms with Crippen molar-refractivity contribution in [3.05, 3.63) is 48.0 Å². The molecule has 21 heavy (non-hydrogen) atoms. The third kappa shape index (κ3) is 2.42. The van der Waals surface area contributed by atoms with Gasteiger partial charge in [-0.25, -0.2) is 0 Å². The van der Waals surface area contributed by atoms with Crippen molar-refractivity contribution in [3.63, 3.8) is 0 Å². The lowest BCUT2D eigenvalue weighted by atomic mass is 10.0. The first-order chi connectivity index (χ1) is 10.3. The highest BCUT2D eigenvalue weighted by molar-refractivity contribution is 5.98. The number of fused-ring (bicyclic) bond motifs is 3. The van der Waals surface area contributed by atoms with Crippen molar-refractivity contribution in [1.82, 2.24) is 10.2 Å². The zero-order valence-electron chi connectivity index (χ0n) is 12.1. The Morgan fingerprint density at radius 3 is 2.71 bits per heavy atom. The molecular weight excluding hydrogens is 260 g/mol. The Labute approximate surface area is 124 Å². The SMILES string of the molecule is O=C(c1ccc2ccccc2c1)N1CCC2CCC(C1)N2. The lowest BCUT2D eigenvalue weighted by Crippen LogP contribution is -2.39. The van der Waals surface area contributed by atoms with E-state index in [1.165, 1.54) is 18.2 Å². The summed E-state index contributed by atoms with van der Waals surface area (Å²) in [6.07, 6.45) is 3.55. The average molecular weight is 280 g/mol. The number of amides is 1. The molecule has 0 aromatic heterocycles. The van der Waals surface area contributed by atoms with Crippen LogP contribution in [0.4, 0.5) is 0 Å². The standard InChI is InChI=1S/C18H20N2O/c21-18(20-10-9-16-7-8-17(12-20)19-16)15-6-5-13-3-1-2-4-14(13)11-15/h1-6,11,16-17,19H,7-10,12H2. The summed E-state index contributed by atoms with van der Waals surface area (Å²) in [6.45, 7) is 1.72. The van der Waals surface area contributed by atoms with Crippen LogP contribution in [0.25, 0.3) is 10.8 Å². The van der Waals surface area contributed by atoms with Crippen LogP contribution < -0.4 is 5.32 Å². The first kappa shape index (κ1) is 12.8. The number of hydrogen-bond donors (Lipinski definition) is 1. The second-order valence-electron chi connectivity index (χ2n) is 6.24. The Morgan fingerprint density at radius 2 is 1.81 bits per heavy atom. The van der Waals surface area contributed by atoms with E-state index >= 15 is 0 Å². The molecule has 3 heteroatoms. The van der Waals surface area contributed by atoms with Gasteiger partial charge in [0.25, 0.3) is 5.91 Å². The number of carbonyl (C=O) groups excluding carboxylic acids is 1. The van der Waals surface area contributed by atoms with E-state index in [4.69, 9.17) is 0 Å². The quantitative estimate of drug-likeness (QED) is 0.871. The van der Waals surface area contributed by atoms with Gasteiger partial charge in [-0.2, -0.15) is 0 Å². The van der Waals surface area contributed by atoms with Gasteiger partial charge in [-0.15, -0.1) is 0 Å². The molecule has 2 fully saturated rings. The van der Waals surface area contributed by atoms with Crippen LogP contribution in [0, 0.1) is 0 Å². The van der Waals surface area contributed by atoms with Gasteiger partial charge < -0.3 is 10.2 Å². The Kier molecular flexibility index (Phi) is 3.15. The number of nitrogens with zero attached hydrogens (tertiary/aromatic N) is 1. The molecule has 2 unspecified atom stereocenters. The molecule has 0 spiro atoms. The Hall–Kier alpha value is -1.87. The van der Waals surface area contributed by atoms with E-state index in [1.807, 2.05) is 35.2 Å². The topological polar surface area (TPSA) is 32.3 Å². The molecule has 2 saturated heterocycles. The summed E-state index contributed by atoms with van der Waals surface area (Å²) in [5.41, 5.74) is 0.812. The summed E-state index contributed by atoms with van der Waals surface area (Å²) in [7, 11) is 0. The van der Waals surface area contributed by atoms with Gasteiger partial charge in [0.1, 0.15) is 0 Å². The number of benzene rings is 2. The molecule has 0 radical (unpaired) electrons. The normalized spacial score (nSPS) is 25.0. The van der Waals surface area contributed by atoms with Crippen LogP contribution in [0.5, 0.6) is 0 Å². The van der Waals surface area contributed by atoms with Gasteiger partial charge in [-0.3, -0.25) is 4.79 Å². The number of rotatable bonds is 1. The molecule has 3 nitrogen and oxygen atoms in total. The molecule has 4 rings (SSSR count). The minimum absolute atomic E-state index is 0.176. The van der Waals surface area contributed by atoms with Gasteiger partial charge in [0.05, 0.1) is 0 Å². The Bertz CT molecular complexity index is 682. The summed E-state index contributed by atoms with van der Waals surface area (Å²) >= 11 is 0. The summed E-state index contributed by atoms with van der Waals surface area (Å²) in [4.78, 5) is 14.8. The predicted octanol–water partition coefficient (Wildman–Crippen LogP) is 2.81. The van der Waals surface area contributed by atoms with E-state index in [9.17, 15) is 4.79 Å². The van der Waals surface area contributed by atoms with Crippen molar-refractivity contribution < 1.29 is 4.79 Å². The van der Waals surface area contributed by atoms with E-state index in [2.05, 4.69) is 17.4 Å². The highest BCUT2D eigenvalue weighted by Gasteiger charge is 2.31. The van der Waals surface area contributed by atoms with Crippen molar-refractivity contribution >= 4 is 16.7 Å². The summed E-state index contributed by atoms with van der Waals surface area (Å²) in [5, 5.41) is 5.95. The Morgan fingerprint density at radius 1 is 1.00 bits per heavy atom. The highest BCUT2D eigenvalue weighted by Crippen LogP contribution is 2.22. The van der Waals surface area contributed by atoms with E-state index in [0.717, 1.165) is 30.5 Å². The monoisotopic (exact) mass is 280 g/mol. The summed E-state index contributed by atoms with van der Waals surface area (Å²) < 4.78 is 0. The summed E-state index contributed by atoms with van der Waals surface area (Å²) in [5.74, 6) is 0.176. The molecule has 0 aliphatic carbocycles. The third-order valence-electron chi connectivity index (χ3n) is 4.81. The fraction of sp³-hybridized carbons (Fsp3) is 0.389. The van der Waals surface area contributed by atoms with Gasteiger partial charge in [0.2, 0.25) is 0 Å². The molecule has 0 saturated carbocycles. The number of hydrogen-bond acceptors (Lipinski definition) is 2. The van der Waals surface area contributed by atoms with Crippen LogP contribution in [0.2, 0.25) is 0 Å². The van der Waals surface area contributed by atoms with Crippen molar-refractivity contribution in [2.75, 3.05) is 13.1 Å². The maximum Gasteiger partial charge on any atom is 0.253 e. The smallest absolute Gasteiger partial charge is 0.253 e. The van der Waals surface area contributed by atoms with Crippen LogP contribution in [0.15, 0.2) is 42.5 Å². The first-order valence-corrected chi connectivity index (χ1v) is 7.84. The average Bonchev–Trinajstić information content (AvgIpc) is 2.85. The molecular formula is C18H20N2O. The lowest BCUT2D eigenvalue weighted by molar-refractivity contribution is 0.0748. The first-order valence-electron chi connectivity index (χ1n) is 7.84. The van der Waals surface area contributed by atoms with E-state index in [0.29, 0.717) is 12.1 Å². The number of likely N-dealkylation sites (tertiary alicyclic amines) is 1. The van der Waals surface area contributed by atoms with E-state index < -0.39 is 0 Å². The fourth-order valence-electron chi connectivity index (χ4n) is 3.63. The van der Waals surface area contributed by atoms with Gasteiger partial charge in [-0.05, 0) is 42.2 Å². The molecule has 1 amide bonds. The molecule has 2 aliphatic heterocycles. The molecule has 2 atom stereocenters.